The average Bonchev–Trinajstić information content (AvgIpc) is 2.78. The normalized spacial score (nSPS) is 12.8. The molecule has 2 rings (SSSR count). The molecule has 1 atom stereocenters. The second-order valence-electron chi connectivity index (χ2n) is 4.69. The summed E-state index contributed by atoms with van der Waals surface area (Å²) in [5, 5.41) is 15.0. The van der Waals surface area contributed by atoms with Gasteiger partial charge in [0.15, 0.2) is 0 Å². The number of carbonyl (C=O) groups excluding carboxylic acids is 1. The van der Waals surface area contributed by atoms with E-state index in [4.69, 9.17) is 0 Å². The molecule has 0 aliphatic rings. The fraction of sp³-hybridized carbons (Fsp3) is 0.462. The predicted octanol–water partition coefficient (Wildman–Crippen LogP) is 1.44. The van der Waals surface area contributed by atoms with Gasteiger partial charge in [-0.3, -0.25) is 0 Å². The molecule has 6 heteroatoms. The zero-order valence-electron chi connectivity index (χ0n) is 11.1. The van der Waals surface area contributed by atoms with Crippen LogP contribution >= 0.6 is 11.3 Å². The molecule has 0 spiro atoms. The number of carboxylic acid groups (broad SMARTS) is 1. The van der Waals surface area contributed by atoms with Crippen LogP contribution in [0.15, 0.2) is 12.4 Å². The van der Waals surface area contributed by atoms with Crippen molar-refractivity contribution < 1.29 is 9.90 Å². The topological polar surface area (TPSA) is 77.9 Å². The minimum Gasteiger partial charge on any atom is -0.548 e. The molecule has 0 fully saturated rings. The van der Waals surface area contributed by atoms with Crippen LogP contribution in [-0.2, 0) is 11.2 Å². The molecule has 0 unspecified atom stereocenters. The van der Waals surface area contributed by atoms with Gasteiger partial charge in [0.05, 0.1) is 17.4 Å². The Balaban J connectivity index is 2.39. The summed E-state index contributed by atoms with van der Waals surface area (Å²) in [4.78, 5) is 21.6. The third-order valence-electron chi connectivity index (χ3n) is 2.94. The monoisotopic (exact) mass is 278 g/mol. The van der Waals surface area contributed by atoms with Crippen molar-refractivity contribution in [3.8, 4) is 0 Å². The van der Waals surface area contributed by atoms with Gasteiger partial charge in [-0.2, -0.15) is 0 Å². The van der Waals surface area contributed by atoms with E-state index in [0.717, 1.165) is 16.6 Å². The Morgan fingerprint density at radius 2 is 2.21 bits per heavy atom. The van der Waals surface area contributed by atoms with Crippen molar-refractivity contribution in [3.63, 3.8) is 0 Å². The van der Waals surface area contributed by atoms with Gasteiger partial charge >= 0.3 is 0 Å². The minimum atomic E-state index is -1.12. The largest absolute Gasteiger partial charge is 0.548 e. The van der Waals surface area contributed by atoms with Crippen LogP contribution in [0.4, 0.5) is 5.82 Å². The van der Waals surface area contributed by atoms with Gasteiger partial charge in [-0.05, 0) is 18.4 Å². The Morgan fingerprint density at radius 3 is 2.79 bits per heavy atom. The lowest BCUT2D eigenvalue weighted by Crippen LogP contribution is -2.44. The summed E-state index contributed by atoms with van der Waals surface area (Å²) >= 11 is 1.60. The maximum Gasteiger partial charge on any atom is 0.138 e. The van der Waals surface area contributed by atoms with E-state index in [1.165, 1.54) is 11.2 Å². The van der Waals surface area contributed by atoms with Crippen LogP contribution in [0.2, 0.25) is 0 Å². The lowest BCUT2D eigenvalue weighted by Gasteiger charge is -2.23. The Labute approximate surface area is 115 Å². The first-order valence-corrected chi connectivity index (χ1v) is 7.05. The van der Waals surface area contributed by atoms with Crippen LogP contribution in [0.3, 0.4) is 0 Å². The Hall–Kier alpha value is -1.69. The average molecular weight is 278 g/mol. The van der Waals surface area contributed by atoms with Crippen molar-refractivity contribution in [1.82, 2.24) is 9.97 Å². The van der Waals surface area contributed by atoms with E-state index in [9.17, 15) is 9.90 Å². The molecular formula is C13H16N3O2S-. The van der Waals surface area contributed by atoms with E-state index in [2.05, 4.69) is 22.2 Å². The standard InChI is InChI=1S/C13H17N3O2S/c1-4-8-5-9-11(14-6-15-12(9)19-8)16-10(7(2)3)13(17)18/h5-7,10H,4H2,1-3H3,(H,17,18)(H,14,15,16)/p-1/t10-/m1/s1. The van der Waals surface area contributed by atoms with Crippen molar-refractivity contribution in [2.24, 2.45) is 5.92 Å². The molecule has 2 aromatic rings. The fourth-order valence-corrected chi connectivity index (χ4v) is 2.77. The van der Waals surface area contributed by atoms with Crippen molar-refractivity contribution in [3.05, 3.63) is 17.3 Å². The number of aryl methyl sites for hydroxylation is 1. The predicted molar refractivity (Wildman–Crippen MR) is 74.0 cm³/mol. The summed E-state index contributed by atoms with van der Waals surface area (Å²) in [6.45, 7) is 5.73. The number of nitrogens with one attached hydrogen (secondary N) is 1. The van der Waals surface area contributed by atoms with Gasteiger partial charge in [-0.15, -0.1) is 11.3 Å². The quantitative estimate of drug-likeness (QED) is 0.895. The number of aliphatic carboxylic acids is 1. The summed E-state index contributed by atoms with van der Waals surface area (Å²) < 4.78 is 0. The van der Waals surface area contributed by atoms with Crippen LogP contribution < -0.4 is 10.4 Å². The van der Waals surface area contributed by atoms with E-state index >= 15 is 0 Å². The lowest BCUT2D eigenvalue weighted by molar-refractivity contribution is -0.307. The van der Waals surface area contributed by atoms with E-state index in [-0.39, 0.29) is 5.92 Å². The Bertz CT molecular complexity index is 595. The fourth-order valence-electron chi connectivity index (χ4n) is 1.84. The molecule has 19 heavy (non-hydrogen) atoms. The van der Waals surface area contributed by atoms with Crippen molar-refractivity contribution in [2.45, 2.75) is 33.2 Å². The van der Waals surface area contributed by atoms with Gasteiger partial charge in [-0.25, -0.2) is 9.97 Å². The summed E-state index contributed by atoms with van der Waals surface area (Å²) in [6, 6.07) is 1.25. The number of carbonyl (C=O) groups is 1. The SMILES string of the molecule is CCc1cc2c(N[C@@H](C(=O)[O-])C(C)C)ncnc2s1. The summed E-state index contributed by atoms with van der Waals surface area (Å²) in [5.41, 5.74) is 0. The van der Waals surface area contributed by atoms with E-state index < -0.39 is 12.0 Å². The zero-order chi connectivity index (χ0) is 14.0. The van der Waals surface area contributed by atoms with Gasteiger partial charge in [0.1, 0.15) is 17.0 Å². The number of carboxylic acids is 1. The van der Waals surface area contributed by atoms with Crippen LogP contribution in [0.25, 0.3) is 10.2 Å². The molecule has 2 aromatic heterocycles. The van der Waals surface area contributed by atoms with Crippen LogP contribution in [0.5, 0.6) is 0 Å². The first kappa shape index (κ1) is 13.7. The molecule has 0 aromatic carbocycles. The molecule has 0 aliphatic carbocycles. The maximum absolute atomic E-state index is 11.1. The highest BCUT2D eigenvalue weighted by atomic mass is 32.1. The number of rotatable bonds is 5. The third kappa shape index (κ3) is 2.84. The number of anilines is 1. The zero-order valence-corrected chi connectivity index (χ0v) is 12.0. The number of hydrogen-bond donors (Lipinski definition) is 1. The molecule has 102 valence electrons. The Kier molecular flexibility index (Phi) is 3.99. The van der Waals surface area contributed by atoms with Crippen molar-refractivity contribution in [1.29, 1.82) is 0 Å². The summed E-state index contributed by atoms with van der Waals surface area (Å²) in [5.74, 6) is -0.643. The van der Waals surface area contributed by atoms with Crippen molar-refractivity contribution >= 4 is 33.3 Å². The highest BCUT2D eigenvalue weighted by molar-refractivity contribution is 7.18. The van der Waals surface area contributed by atoms with Gasteiger partial charge in [-0.1, -0.05) is 20.8 Å². The highest BCUT2D eigenvalue weighted by Crippen LogP contribution is 2.29. The first-order valence-electron chi connectivity index (χ1n) is 6.23. The molecule has 0 bridgehead atoms. The van der Waals surface area contributed by atoms with Gasteiger partial charge in [0.2, 0.25) is 0 Å². The second kappa shape index (κ2) is 5.52. The molecule has 0 aliphatic heterocycles. The molecule has 1 N–H and O–H groups in total. The van der Waals surface area contributed by atoms with Crippen LogP contribution in [-0.4, -0.2) is 22.0 Å². The molecular weight excluding hydrogens is 262 g/mol. The number of thiophene rings is 1. The number of nitrogens with zero attached hydrogens (tertiary/aromatic N) is 2. The number of hydrogen-bond acceptors (Lipinski definition) is 6. The highest BCUT2D eigenvalue weighted by Gasteiger charge is 2.17. The van der Waals surface area contributed by atoms with Gasteiger partial charge < -0.3 is 15.2 Å². The molecule has 0 saturated carbocycles. The van der Waals surface area contributed by atoms with E-state index in [0.29, 0.717) is 5.82 Å². The molecule has 5 nitrogen and oxygen atoms in total. The minimum absolute atomic E-state index is 0.0840. The summed E-state index contributed by atoms with van der Waals surface area (Å²) in [6.07, 6.45) is 2.38. The molecule has 0 saturated heterocycles. The Morgan fingerprint density at radius 1 is 1.47 bits per heavy atom. The first-order chi connectivity index (χ1) is 9.02. The number of fused-ring (bicyclic) bond motifs is 1. The molecule has 2 heterocycles. The lowest BCUT2D eigenvalue weighted by atomic mass is 10.0. The maximum atomic E-state index is 11.1. The smallest absolute Gasteiger partial charge is 0.138 e. The van der Waals surface area contributed by atoms with Crippen LogP contribution in [0, 0.1) is 5.92 Å². The van der Waals surface area contributed by atoms with Crippen LogP contribution in [0.1, 0.15) is 25.6 Å². The van der Waals surface area contributed by atoms with Crippen molar-refractivity contribution in [2.75, 3.05) is 5.32 Å². The number of aromatic nitrogens is 2. The van der Waals surface area contributed by atoms with E-state index in [1.54, 1.807) is 11.3 Å². The van der Waals surface area contributed by atoms with Gasteiger partial charge in [0.25, 0.3) is 0 Å². The third-order valence-corrected chi connectivity index (χ3v) is 4.13. The second-order valence-corrected chi connectivity index (χ2v) is 5.81. The molecule has 0 amide bonds. The summed E-state index contributed by atoms with van der Waals surface area (Å²) in [7, 11) is 0. The van der Waals surface area contributed by atoms with Gasteiger partial charge in [0, 0.05) is 4.88 Å². The molecule has 0 radical (unpaired) electrons. The van der Waals surface area contributed by atoms with E-state index in [1.807, 2.05) is 19.9 Å².